The van der Waals surface area contributed by atoms with E-state index in [2.05, 4.69) is 10.2 Å². The Balaban J connectivity index is 1.41. The molecule has 2 fully saturated rings. The van der Waals surface area contributed by atoms with Crippen LogP contribution in [0, 0.1) is 5.92 Å². The van der Waals surface area contributed by atoms with Gasteiger partial charge in [-0.05, 0) is 62.0 Å². The Kier molecular flexibility index (Phi) is 7.12. The Morgan fingerprint density at radius 1 is 1.22 bits per heavy atom. The second-order valence-electron chi connectivity index (χ2n) is 7.19. The molecule has 1 atom stereocenters. The average Bonchev–Trinajstić information content (AvgIpc) is 3.25. The van der Waals surface area contributed by atoms with Gasteiger partial charge in [0.15, 0.2) is 11.5 Å². The molecule has 2 aliphatic rings. The summed E-state index contributed by atoms with van der Waals surface area (Å²) in [5.41, 5.74) is 0.898. The van der Waals surface area contributed by atoms with Crippen molar-refractivity contribution >= 4 is 12.0 Å². The van der Waals surface area contributed by atoms with Crippen molar-refractivity contribution in [2.75, 3.05) is 47.1 Å². The van der Waals surface area contributed by atoms with Gasteiger partial charge in [-0.25, -0.2) is 0 Å². The van der Waals surface area contributed by atoms with Crippen molar-refractivity contribution in [3.8, 4) is 11.5 Å². The maximum absolute atomic E-state index is 12.1. The molecule has 2 saturated heterocycles. The van der Waals surface area contributed by atoms with Crippen LogP contribution in [0.15, 0.2) is 24.3 Å². The van der Waals surface area contributed by atoms with Crippen LogP contribution in [0.2, 0.25) is 0 Å². The zero-order valence-corrected chi connectivity index (χ0v) is 16.3. The van der Waals surface area contributed by atoms with Gasteiger partial charge in [-0.15, -0.1) is 0 Å². The lowest BCUT2D eigenvalue weighted by Crippen LogP contribution is -2.43. The van der Waals surface area contributed by atoms with Gasteiger partial charge in [0, 0.05) is 25.3 Å². The summed E-state index contributed by atoms with van der Waals surface area (Å²) in [6.07, 6.45) is 6.79. The highest BCUT2D eigenvalue weighted by atomic mass is 16.5. The number of benzene rings is 1. The number of nitrogens with zero attached hydrogens (tertiary/aromatic N) is 1. The van der Waals surface area contributed by atoms with Crippen molar-refractivity contribution in [1.29, 1.82) is 0 Å². The lowest BCUT2D eigenvalue weighted by Gasteiger charge is -2.35. The molecule has 0 spiro atoms. The van der Waals surface area contributed by atoms with Gasteiger partial charge < -0.3 is 19.5 Å². The normalized spacial score (nSPS) is 21.5. The Morgan fingerprint density at radius 3 is 2.67 bits per heavy atom. The van der Waals surface area contributed by atoms with E-state index < -0.39 is 0 Å². The van der Waals surface area contributed by atoms with Crippen LogP contribution < -0.4 is 14.8 Å². The van der Waals surface area contributed by atoms with Crippen molar-refractivity contribution in [3.05, 3.63) is 29.8 Å². The van der Waals surface area contributed by atoms with Crippen molar-refractivity contribution in [2.24, 2.45) is 5.92 Å². The molecular formula is C21H30N2O4. The van der Waals surface area contributed by atoms with Crippen LogP contribution in [-0.2, 0) is 9.53 Å². The van der Waals surface area contributed by atoms with Crippen molar-refractivity contribution in [2.45, 2.75) is 25.3 Å². The summed E-state index contributed by atoms with van der Waals surface area (Å²) in [6.45, 7) is 4.73. The van der Waals surface area contributed by atoms with Crippen LogP contribution in [0.25, 0.3) is 6.08 Å². The molecule has 1 aromatic rings. The Labute approximate surface area is 161 Å². The minimum Gasteiger partial charge on any atom is -0.493 e. The Bertz CT molecular complexity index is 648. The second kappa shape index (κ2) is 9.76. The highest BCUT2D eigenvalue weighted by Crippen LogP contribution is 2.28. The fourth-order valence-electron chi connectivity index (χ4n) is 3.76. The lowest BCUT2D eigenvalue weighted by atomic mass is 9.95. The van der Waals surface area contributed by atoms with Crippen LogP contribution in [0.3, 0.4) is 0 Å². The van der Waals surface area contributed by atoms with Crippen LogP contribution in [0.4, 0.5) is 0 Å². The number of nitrogens with one attached hydrogen (secondary N) is 1. The molecule has 0 aliphatic carbocycles. The van der Waals surface area contributed by atoms with E-state index in [1.807, 2.05) is 18.2 Å². The first kappa shape index (κ1) is 19.7. The number of likely N-dealkylation sites (tertiary alicyclic amines) is 1. The quantitative estimate of drug-likeness (QED) is 0.743. The molecule has 1 amide bonds. The van der Waals surface area contributed by atoms with Gasteiger partial charge in [-0.3, -0.25) is 9.69 Å². The minimum absolute atomic E-state index is 0.0589. The number of carbonyl (C=O) groups excluding carboxylic acids is 1. The molecule has 0 aromatic heterocycles. The number of hydrogen-bond donors (Lipinski definition) is 1. The summed E-state index contributed by atoms with van der Waals surface area (Å²) < 4.78 is 16.0. The first-order valence-electron chi connectivity index (χ1n) is 9.69. The molecule has 0 saturated carbocycles. The molecule has 6 heteroatoms. The van der Waals surface area contributed by atoms with E-state index >= 15 is 0 Å². The third-order valence-corrected chi connectivity index (χ3v) is 5.47. The molecule has 0 bridgehead atoms. The predicted octanol–water partition coefficient (Wildman–Crippen LogP) is 2.33. The molecule has 27 heavy (non-hydrogen) atoms. The SMILES string of the molecule is COc1ccc(/C=C/C(=O)NCC2CCN([C@H]3CCOC3)CC2)cc1OC. The molecule has 2 heterocycles. The summed E-state index contributed by atoms with van der Waals surface area (Å²) in [7, 11) is 3.20. The summed E-state index contributed by atoms with van der Waals surface area (Å²) in [5.74, 6) is 1.83. The fraction of sp³-hybridized carbons (Fsp3) is 0.571. The third-order valence-electron chi connectivity index (χ3n) is 5.47. The monoisotopic (exact) mass is 374 g/mol. The summed E-state index contributed by atoms with van der Waals surface area (Å²) in [4.78, 5) is 14.7. The van der Waals surface area contributed by atoms with E-state index in [1.165, 1.54) is 0 Å². The molecule has 3 rings (SSSR count). The summed E-state index contributed by atoms with van der Waals surface area (Å²) in [6, 6.07) is 6.18. The molecule has 0 unspecified atom stereocenters. The maximum atomic E-state index is 12.1. The Hall–Kier alpha value is -2.05. The van der Waals surface area contributed by atoms with Crippen LogP contribution in [-0.4, -0.2) is 63.9 Å². The number of methoxy groups -OCH3 is 2. The van der Waals surface area contributed by atoms with E-state index in [-0.39, 0.29) is 5.91 Å². The van der Waals surface area contributed by atoms with Crippen molar-refractivity contribution in [1.82, 2.24) is 10.2 Å². The molecular weight excluding hydrogens is 344 g/mol. The molecule has 1 N–H and O–H groups in total. The molecule has 6 nitrogen and oxygen atoms in total. The number of ether oxygens (including phenoxy) is 3. The van der Waals surface area contributed by atoms with E-state index in [9.17, 15) is 4.79 Å². The third kappa shape index (κ3) is 5.47. The fourth-order valence-corrected chi connectivity index (χ4v) is 3.76. The number of amides is 1. The van der Waals surface area contributed by atoms with Gasteiger partial charge in [0.25, 0.3) is 0 Å². The zero-order chi connectivity index (χ0) is 19.1. The highest BCUT2D eigenvalue weighted by molar-refractivity contribution is 5.91. The average molecular weight is 374 g/mol. The molecule has 1 aromatic carbocycles. The first-order chi connectivity index (χ1) is 13.2. The molecule has 2 aliphatic heterocycles. The number of carbonyl (C=O) groups is 1. The van der Waals surface area contributed by atoms with Gasteiger partial charge in [0.05, 0.1) is 20.8 Å². The standard InChI is InChI=1S/C21H30N2O4/c1-25-19-5-3-16(13-20(19)26-2)4-6-21(24)22-14-17-7-10-23(11-8-17)18-9-12-27-15-18/h3-6,13,17-18H,7-12,14-15H2,1-2H3,(H,22,24)/b6-4+/t18-/m0/s1. The first-order valence-corrected chi connectivity index (χ1v) is 9.69. The summed E-state index contributed by atoms with van der Waals surface area (Å²) in [5, 5.41) is 3.03. The van der Waals surface area contributed by atoms with Crippen LogP contribution in [0.1, 0.15) is 24.8 Å². The molecule has 0 radical (unpaired) electrons. The van der Waals surface area contributed by atoms with E-state index in [1.54, 1.807) is 26.4 Å². The van der Waals surface area contributed by atoms with E-state index in [0.717, 1.165) is 57.7 Å². The number of hydrogen-bond acceptors (Lipinski definition) is 5. The zero-order valence-electron chi connectivity index (χ0n) is 16.3. The van der Waals surface area contributed by atoms with E-state index in [4.69, 9.17) is 14.2 Å². The maximum Gasteiger partial charge on any atom is 0.244 e. The topological polar surface area (TPSA) is 60.0 Å². The highest BCUT2D eigenvalue weighted by Gasteiger charge is 2.27. The van der Waals surface area contributed by atoms with Crippen LogP contribution in [0.5, 0.6) is 11.5 Å². The predicted molar refractivity (Wildman–Crippen MR) is 105 cm³/mol. The van der Waals surface area contributed by atoms with Crippen molar-refractivity contribution < 1.29 is 19.0 Å². The lowest BCUT2D eigenvalue weighted by molar-refractivity contribution is -0.116. The van der Waals surface area contributed by atoms with Gasteiger partial charge in [0.2, 0.25) is 5.91 Å². The largest absolute Gasteiger partial charge is 0.493 e. The van der Waals surface area contributed by atoms with E-state index in [0.29, 0.717) is 23.5 Å². The number of rotatable bonds is 7. The second-order valence-corrected chi connectivity index (χ2v) is 7.19. The van der Waals surface area contributed by atoms with Crippen LogP contribution >= 0.6 is 0 Å². The number of piperidine rings is 1. The van der Waals surface area contributed by atoms with Gasteiger partial charge in [-0.1, -0.05) is 6.07 Å². The van der Waals surface area contributed by atoms with Crippen molar-refractivity contribution in [3.63, 3.8) is 0 Å². The Morgan fingerprint density at radius 2 is 2.00 bits per heavy atom. The van der Waals surface area contributed by atoms with Gasteiger partial charge in [0.1, 0.15) is 0 Å². The smallest absolute Gasteiger partial charge is 0.244 e. The minimum atomic E-state index is -0.0589. The van der Waals surface area contributed by atoms with Gasteiger partial charge >= 0.3 is 0 Å². The summed E-state index contributed by atoms with van der Waals surface area (Å²) >= 11 is 0. The van der Waals surface area contributed by atoms with Gasteiger partial charge in [-0.2, -0.15) is 0 Å². The molecule has 148 valence electrons.